The average Bonchev–Trinajstić information content (AvgIpc) is 2.72. The van der Waals surface area contributed by atoms with Gasteiger partial charge in [0.05, 0.1) is 5.69 Å². The number of unbranched alkanes of at least 4 members (excludes halogenated alkanes) is 3. The number of H-pyrrole nitrogens is 1. The summed E-state index contributed by atoms with van der Waals surface area (Å²) in [5.74, 6) is -2.29. The number of Topliss-reactive ketones (excluding diaryl/α,β-unsaturated/α-hetero) is 1. The molecule has 16 heavy (non-hydrogen) atoms. The zero-order valence-electron chi connectivity index (χ0n) is 9.45. The summed E-state index contributed by atoms with van der Waals surface area (Å²) in [5, 5.41) is 8.52. The molecule has 0 fully saturated rings. The molecule has 0 aliphatic heterocycles. The Hall–Kier alpha value is -1.58. The third-order valence-corrected chi connectivity index (χ3v) is 2.48. The summed E-state index contributed by atoms with van der Waals surface area (Å²) in [5.41, 5.74) is 1.10. The van der Waals surface area contributed by atoms with Gasteiger partial charge in [-0.05, 0) is 25.0 Å². The van der Waals surface area contributed by atoms with Crippen molar-refractivity contribution in [2.75, 3.05) is 0 Å². The van der Waals surface area contributed by atoms with Gasteiger partial charge in [-0.15, -0.1) is 0 Å². The van der Waals surface area contributed by atoms with Gasteiger partial charge in [-0.25, -0.2) is 4.79 Å². The topological polar surface area (TPSA) is 70.2 Å². The van der Waals surface area contributed by atoms with Gasteiger partial charge >= 0.3 is 5.97 Å². The molecular weight excluding hydrogens is 206 g/mol. The average molecular weight is 223 g/mol. The van der Waals surface area contributed by atoms with Crippen molar-refractivity contribution < 1.29 is 14.7 Å². The van der Waals surface area contributed by atoms with Gasteiger partial charge in [0, 0.05) is 5.69 Å². The monoisotopic (exact) mass is 223 g/mol. The number of nitrogens with one attached hydrogen (secondary N) is 1. The van der Waals surface area contributed by atoms with E-state index in [1.165, 1.54) is 18.9 Å². The van der Waals surface area contributed by atoms with Crippen molar-refractivity contribution in [3.63, 3.8) is 0 Å². The van der Waals surface area contributed by atoms with Crippen molar-refractivity contribution in [1.82, 2.24) is 4.98 Å². The van der Waals surface area contributed by atoms with E-state index in [4.69, 9.17) is 5.11 Å². The number of carboxylic acids is 1. The van der Waals surface area contributed by atoms with E-state index >= 15 is 0 Å². The van der Waals surface area contributed by atoms with Crippen molar-refractivity contribution in [3.8, 4) is 0 Å². The molecule has 0 saturated carbocycles. The fourth-order valence-electron chi connectivity index (χ4n) is 1.58. The highest BCUT2D eigenvalue weighted by Gasteiger charge is 2.15. The number of carbonyl (C=O) groups is 2. The Morgan fingerprint density at radius 1 is 1.25 bits per heavy atom. The Morgan fingerprint density at radius 3 is 2.62 bits per heavy atom. The van der Waals surface area contributed by atoms with Gasteiger partial charge in [0.25, 0.3) is 5.78 Å². The number of carboxylic acid groups (broad SMARTS) is 1. The zero-order chi connectivity index (χ0) is 12.0. The van der Waals surface area contributed by atoms with Crippen LogP contribution in [0.4, 0.5) is 0 Å². The molecule has 0 unspecified atom stereocenters. The molecule has 0 bridgehead atoms. The van der Waals surface area contributed by atoms with Crippen LogP contribution in [0.5, 0.6) is 0 Å². The number of rotatable bonds is 7. The molecule has 0 spiro atoms. The number of hydrogen-bond acceptors (Lipinski definition) is 2. The maximum atomic E-state index is 11.1. The molecule has 1 heterocycles. The number of carbonyl (C=O) groups excluding carboxylic acids is 1. The van der Waals surface area contributed by atoms with Gasteiger partial charge < -0.3 is 10.1 Å². The molecule has 0 radical (unpaired) electrons. The Balaban J connectivity index is 2.45. The number of hydrogen-bond donors (Lipinski definition) is 2. The summed E-state index contributed by atoms with van der Waals surface area (Å²) in [6.45, 7) is 2.15. The van der Waals surface area contributed by atoms with E-state index in [9.17, 15) is 9.59 Å². The van der Waals surface area contributed by atoms with Crippen LogP contribution in [0.3, 0.4) is 0 Å². The summed E-state index contributed by atoms with van der Waals surface area (Å²) in [7, 11) is 0. The highest BCUT2D eigenvalue weighted by atomic mass is 16.4. The van der Waals surface area contributed by atoms with Crippen LogP contribution in [0.15, 0.2) is 12.1 Å². The van der Waals surface area contributed by atoms with Crippen LogP contribution < -0.4 is 0 Å². The lowest BCUT2D eigenvalue weighted by atomic mass is 10.1. The molecule has 1 rings (SSSR count). The van der Waals surface area contributed by atoms with E-state index in [1.807, 2.05) is 0 Å². The second-order valence-corrected chi connectivity index (χ2v) is 3.84. The Bertz CT molecular complexity index is 368. The summed E-state index contributed by atoms with van der Waals surface area (Å²) >= 11 is 0. The second-order valence-electron chi connectivity index (χ2n) is 3.84. The molecule has 0 aliphatic rings. The molecule has 0 saturated heterocycles. The first-order valence-corrected chi connectivity index (χ1v) is 5.60. The van der Waals surface area contributed by atoms with Crippen molar-refractivity contribution in [2.24, 2.45) is 0 Å². The minimum atomic E-state index is -1.42. The van der Waals surface area contributed by atoms with Gasteiger partial charge in [0.2, 0.25) is 0 Å². The number of ketones is 1. The molecule has 0 aliphatic carbocycles. The molecule has 0 atom stereocenters. The SMILES string of the molecule is CCCCCCc1ccc(C(=O)C(=O)O)[nH]1. The Labute approximate surface area is 94.7 Å². The highest BCUT2D eigenvalue weighted by Crippen LogP contribution is 2.08. The highest BCUT2D eigenvalue weighted by molar-refractivity contribution is 6.39. The van der Waals surface area contributed by atoms with E-state index in [-0.39, 0.29) is 5.69 Å². The summed E-state index contributed by atoms with van der Waals surface area (Å²) in [4.78, 5) is 24.4. The first-order valence-electron chi connectivity index (χ1n) is 5.60. The molecule has 1 aromatic heterocycles. The summed E-state index contributed by atoms with van der Waals surface area (Å²) < 4.78 is 0. The summed E-state index contributed by atoms with van der Waals surface area (Å²) in [6, 6.07) is 3.31. The smallest absolute Gasteiger partial charge is 0.378 e. The predicted molar refractivity (Wildman–Crippen MR) is 60.6 cm³/mol. The normalized spacial score (nSPS) is 10.3. The third-order valence-electron chi connectivity index (χ3n) is 2.48. The van der Waals surface area contributed by atoms with Gasteiger partial charge in [-0.3, -0.25) is 4.79 Å². The lowest BCUT2D eigenvalue weighted by molar-refractivity contribution is -0.131. The van der Waals surface area contributed by atoms with Gasteiger partial charge in [-0.2, -0.15) is 0 Å². The predicted octanol–water partition coefficient (Wildman–Crippen LogP) is 2.40. The molecule has 1 aromatic rings. The van der Waals surface area contributed by atoms with E-state index in [0.717, 1.165) is 25.0 Å². The Kier molecular flexibility index (Phi) is 4.76. The van der Waals surface area contributed by atoms with Crippen molar-refractivity contribution in [2.45, 2.75) is 39.0 Å². The van der Waals surface area contributed by atoms with Gasteiger partial charge in [-0.1, -0.05) is 26.2 Å². The molecule has 2 N–H and O–H groups in total. The lowest BCUT2D eigenvalue weighted by Gasteiger charge is -1.97. The molecule has 4 heteroatoms. The van der Waals surface area contributed by atoms with Crippen LogP contribution in [0.1, 0.15) is 48.8 Å². The standard InChI is InChI=1S/C12H17NO3/c1-2-3-4-5-6-9-7-8-10(13-9)11(14)12(15)16/h7-8,13H,2-6H2,1H3,(H,15,16). The number of aromatic amines is 1. The van der Waals surface area contributed by atoms with Crippen molar-refractivity contribution in [3.05, 3.63) is 23.5 Å². The molecule has 0 amide bonds. The summed E-state index contributed by atoms with van der Waals surface area (Å²) in [6.07, 6.45) is 5.49. The minimum absolute atomic E-state index is 0.165. The third kappa shape index (κ3) is 3.53. The van der Waals surface area contributed by atoms with Crippen molar-refractivity contribution in [1.29, 1.82) is 0 Å². The lowest BCUT2D eigenvalue weighted by Crippen LogP contribution is -2.13. The van der Waals surface area contributed by atoms with Crippen LogP contribution in [0.25, 0.3) is 0 Å². The van der Waals surface area contributed by atoms with Crippen LogP contribution in [-0.2, 0) is 11.2 Å². The quantitative estimate of drug-likeness (QED) is 0.423. The molecule has 88 valence electrons. The van der Waals surface area contributed by atoms with E-state index in [2.05, 4.69) is 11.9 Å². The van der Waals surface area contributed by atoms with E-state index in [1.54, 1.807) is 6.07 Å². The van der Waals surface area contributed by atoms with Gasteiger partial charge in [0.1, 0.15) is 0 Å². The van der Waals surface area contributed by atoms with Crippen LogP contribution in [0, 0.1) is 0 Å². The maximum Gasteiger partial charge on any atom is 0.378 e. The number of aryl methyl sites for hydroxylation is 1. The fraction of sp³-hybridized carbons (Fsp3) is 0.500. The van der Waals surface area contributed by atoms with Gasteiger partial charge in [0.15, 0.2) is 0 Å². The maximum absolute atomic E-state index is 11.1. The molecule has 4 nitrogen and oxygen atoms in total. The van der Waals surface area contributed by atoms with E-state index < -0.39 is 11.8 Å². The minimum Gasteiger partial charge on any atom is -0.475 e. The zero-order valence-corrected chi connectivity index (χ0v) is 9.45. The largest absolute Gasteiger partial charge is 0.475 e. The second kappa shape index (κ2) is 6.10. The van der Waals surface area contributed by atoms with Crippen LogP contribution in [0.2, 0.25) is 0 Å². The number of aliphatic carboxylic acids is 1. The molecule has 0 aromatic carbocycles. The van der Waals surface area contributed by atoms with E-state index in [0.29, 0.717) is 0 Å². The fourth-order valence-corrected chi connectivity index (χ4v) is 1.58. The first-order chi connectivity index (χ1) is 7.65. The number of aromatic nitrogens is 1. The molecular formula is C12H17NO3. The first kappa shape index (κ1) is 12.5. The van der Waals surface area contributed by atoms with Crippen LogP contribution in [-0.4, -0.2) is 21.8 Å². The Morgan fingerprint density at radius 2 is 2.00 bits per heavy atom. The van der Waals surface area contributed by atoms with Crippen molar-refractivity contribution >= 4 is 11.8 Å². The van der Waals surface area contributed by atoms with Crippen LogP contribution >= 0.6 is 0 Å².